The molecule has 188 valence electrons. The monoisotopic (exact) mass is 480 g/mol. The van der Waals surface area contributed by atoms with Gasteiger partial charge in [-0.25, -0.2) is 4.39 Å². The third-order valence-electron chi connectivity index (χ3n) is 7.98. The molecule has 7 heteroatoms. The van der Waals surface area contributed by atoms with Crippen molar-refractivity contribution in [3.63, 3.8) is 0 Å². The van der Waals surface area contributed by atoms with Crippen LogP contribution in [-0.2, 0) is 15.0 Å². The summed E-state index contributed by atoms with van der Waals surface area (Å²) in [7, 11) is 0. The summed E-state index contributed by atoms with van der Waals surface area (Å²) in [6, 6.07) is 9.84. The highest BCUT2D eigenvalue weighted by Crippen LogP contribution is 2.39. The van der Waals surface area contributed by atoms with E-state index >= 15 is 0 Å². The van der Waals surface area contributed by atoms with Crippen molar-refractivity contribution in [3.05, 3.63) is 60.2 Å². The van der Waals surface area contributed by atoms with Crippen molar-refractivity contribution in [2.45, 2.75) is 75.7 Å². The lowest BCUT2D eigenvalue weighted by Gasteiger charge is -2.34. The molecule has 1 heterocycles. The number of nitrogens with one attached hydrogen (secondary N) is 2. The molecule has 2 aliphatic carbocycles. The molecule has 0 spiro atoms. The summed E-state index contributed by atoms with van der Waals surface area (Å²) >= 11 is 0. The zero-order valence-electron chi connectivity index (χ0n) is 20.3. The van der Waals surface area contributed by atoms with E-state index in [4.69, 9.17) is 5.73 Å². The molecule has 1 atom stereocenters. The predicted octanol–water partition coefficient (Wildman–Crippen LogP) is 4.70. The van der Waals surface area contributed by atoms with Crippen LogP contribution < -0.4 is 16.4 Å². The highest BCUT2D eigenvalue weighted by atomic mass is 19.1. The molecule has 2 aromatic rings. The van der Waals surface area contributed by atoms with Gasteiger partial charge < -0.3 is 16.4 Å². The average molecular weight is 481 g/mol. The molecule has 2 saturated carbocycles. The van der Waals surface area contributed by atoms with Crippen LogP contribution in [0, 0.1) is 17.7 Å². The van der Waals surface area contributed by atoms with Gasteiger partial charge in [-0.3, -0.25) is 14.6 Å². The highest BCUT2D eigenvalue weighted by Gasteiger charge is 2.40. The summed E-state index contributed by atoms with van der Waals surface area (Å²) in [6.07, 6.45) is 12.4. The second kappa shape index (κ2) is 11.8. The summed E-state index contributed by atoms with van der Waals surface area (Å²) in [6.45, 7) is 0.417. The number of nitrogens with zero attached hydrogens (tertiary/aromatic N) is 1. The van der Waals surface area contributed by atoms with Crippen LogP contribution in [0.2, 0.25) is 0 Å². The fraction of sp³-hybridized carbons (Fsp3) is 0.536. The van der Waals surface area contributed by atoms with Gasteiger partial charge in [-0.05, 0) is 74.3 Å². The van der Waals surface area contributed by atoms with Gasteiger partial charge in [0.05, 0.1) is 5.41 Å². The summed E-state index contributed by atoms with van der Waals surface area (Å²) in [5.41, 5.74) is 7.57. The molecule has 2 fully saturated rings. The Morgan fingerprint density at radius 1 is 0.971 bits per heavy atom. The lowest BCUT2D eigenvalue weighted by molar-refractivity contribution is -0.127. The van der Waals surface area contributed by atoms with Crippen molar-refractivity contribution in [1.29, 1.82) is 0 Å². The Morgan fingerprint density at radius 2 is 1.60 bits per heavy atom. The molecule has 0 aliphatic heterocycles. The van der Waals surface area contributed by atoms with Crippen LogP contribution in [0.5, 0.6) is 0 Å². The van der Waals surface area contributed by atoms with E-state index in [0.717, 1.165) is 75.5 Å². The number of aromatic nitrogens is 1. The van der Waals surface area contributed by atoms with Crippen LogP contribution in [-0.4, -0.2) is 29.4 Å². The quantitative estimate of drug-likeness (QED) is 0.501. The topological polar surface area (TPSA) is 97.1 Å². The Labute approximate surface area is 207 Å². The lowest BCUT2D eigenvalue weighted by atomic mass is 9.73. The molecular weight excluding hydrogens is 443 g/mol. The SMILES string of the molecule is NC(CNC(=O)C1(c2ccc(F)cc2)CCCCCC1)C1CCC(C(=O)Nc2ccncc2)CC1. The third-order valence-corrected chi connectivity index (χ3v) is 7.98. The Balaban J connectivity index is 1.31. The Morgan fingerprint density at radius 3 is 2.23 bits per heavy atom. The smallest absolute Gasteiger partial charge is 0.230 e. The largest absolute Gasteiger partial charge is 0.354 e. The number of carbonyl (C=O) groups excluding carboxylic acids is 2. The number of pyridine rings is 1. The minimum absolute atomic E-state index is 0.00636. The Bertz CT molecular complexity index is 966. The molecule has 2 aliphatic rings. The second-order valence-corrected chi connectivity index (χ2v) is 10.2. The molecule has 4 rings (SSSR count). The Kier molecular flexibility index (Phi) is 8.50. The van der Waals surface area contributed by atoms with E-state index in [1.165, 1.54) is 12.1 Å². The maximum absolute atomic E-state index is 13.6. The molecule has 6 nitrogen and oxygen atoms in total. The maximum atomic E-state index is 13.6. The molecule has 4 N–H and O–H groups in total. The first-order valence-electron chi connectivity index (χ1n) is 13.0. The van der Waals surface area contributed by atoms with Gasteiger partial charge in [0, 0.05) is 36.6 Å². The van der Waals surface area contributed by atoms with Crippen molar-refractivity contribution < 1.29 is 14.0 Å². The number of hydrogen-bond acceptors (Lipinski definition) is 4. The lowest BCUT2D eigenvalue weighted by Crippen LogP contribution is -2.50. The predicted molar refractivity (Wildman–Crippen MR) is 135 cm³/mol. The molecule has 1 aromatic carbocycles. The summed E-state index contributed by atoms with van der Waals surface area (Å²) in [5, 5.41) is 6.12. The summed E-state index contributed by atoms with van der Waals surface area (Å²) in [4.78, 5) is 30.1. The first-order valence-corrected chi connectivity index (χ1v) is 13.0. The van der Waals surface area contributed by atoms with Gasteiger partial charge in [0.25, 0.3) is 0 Å². The normalized spacial score (nSPS) is 23.0. The average Bonchev–Trinajstić information content (AvgIpc) is 3.15. The van der Waals surface area contributed by atoms with Gasteiger partial charge in [-0.15, -0.1) is 0 Å². The van der Waals surface area contributed by atoms with Gasteiger partial charge >= 0.3 is 0 Å². The molecule has 0 saturated heterocycles. The van der Waals surface area contributed by atoms with Gasteiger partial charge in [-0.2, -0.15) is 0 Å². The van der Waals surface area contributed by atoms with Crippen molar-refractivity contribution in [3.8, 4) is 0 Å². The van der Waals surface area contributed by atoms with Crippen molar-refractivity contribution in [2.24, 2.45) is 17.6 Å². The highest BCUT2D eigenvalue weighted by molar-refractivity contribution is 5.92. The van der Waals surface area contributed by atoms with Gasteiger partial charge in [-0.1, -0.05) is 37.8 Å². The molecule has 0 radical (unpaired) electrons. The van der Waals surface area contributed by atoms with E-state index in [1.54, 1.807) is 36.7 Å². The van der Waals surface area contributed by atoms with Crippen molar-refractivity contribution in [1.82, 2.24) is 10.3 Å². The minimum atomic E-state index is -0.618. The molecule has 1 unspecified atom stereocenters. The van der Waals surface area contributed by atoms with Crippen LogP contribution in [0.15, 0.2) is 48.8 Å². The number of nitrogens with two attached hydrogens (primary N) is 1. The molecule has 1 aromatic heterocycles. The Hall–Kier alpha value is -2.80. The number of anilines is 1. The minimum Gasteiger partial charge on any atom is -0.354 e. The third kappa shape index (κ3) is 6.26. The van der Waals surface area contributed by atoms with E-state index in [2.05, 4.69) is 15.6 Å². The van der Waals surface area contributed by atoms with Crippen LogP contribution in [0.1, 0.15) is 69.8 Å². The fourth-order valence-corrected chi connectivity index (χ4v) is 5.78. The van der Waals surface area contributed by atoms with E-state index in [-0.39, 0.29) is 35.5 Å². The maximum Gasteiger partial charge on any atom is 0.230 e. The first-order chi connectivity index (χ1) is 17.0. The molecular formula is C28H37FN4O2. The van der Waals surface area contributed by atoms with Crippen molar-refractivity contribution in [2.75, 3.05) is 11.9 Å². The van der Waals surface area contributed by atoms with Crippen molar-refractivity contribution >= 4 is 17.5 Å². The van der Waals surface area contributed by atoms with Gasteiger partial charge in [0.1, 0.15) is 5.82 Å². The molecule has 0 bridgehead atoms. The van der Waals surface area contributed by atoms with Crippen LogP contribution >= 0.6 is 0 Å². The number of rotatable bonds is 7. The number of carbonyl (C=O) groups is 2. The van der Waals surface area contributed by atoms with Gasteiger partial charge in [0.15, 0.2) is 0 Å². The summed E-state index contributed by atoms with van der Waals surface area (Å²) in [5.74, 6) is 0.0214. The number of hydrogen-bond donors (Lipinski definition) is 3. The van der Waals surface area contributed by atoms with E-state index in [9.17, 15) is 14.0 Å². The van der Waals surface area contributed by atoms with Crippen LogP contribution in [0.25, 0.3) is 0 Å². The van der Waals surface area contributed by atoms with E-state index < -0.39 is 5.41 Å². The molecule has 35 heavy (non-hydrogen) atoms. The van der Waals surface area contributed by atoms with E-state index in [1.807, 2.05) is 0 Å². The summed E-state index contributed by atoms with van der Waals surface area (Å²) < 4.78 is 13.6. The number of amides is 2. The second-order valence-electron chi connectivity index (χ2n) is 10.2. The van der Waals surface area contributed by atoms with Crippen LogP contribution in [0.3, 0.4) is 0 Å². The zero-order valence-corrected chi connectivity index (χ0v) is 20.3. The molecule has 2 amide bonds. The van der Waals surface area contributed by atoms with Crippen LogP contribution in [0.4, 0.5) is 10.1 Å². The number of benzene rings is 1. The standard InChI is InChI=1S/C28H37FN4O2/c29-23-11-9-22(10-12-23)28(15-3-1-2-4-16-28)27(35)32-19-25(30)20-5-7-21(8-6-20)26(34)33-24-13-17-31-18-14-24/h9-14,17-18,20-21,25H,1-8,15-16,19,30H2,(H,32,35)(H,31,33,34). The zero-order chi connectivity index (χ0) is 24.7. The number of halogens is 1. The first kappa shape index (κ1) is 25.3. The fourth-order valence-electron chi connectivity index (χ4n) is 5.78. The van der Waals surface area contributed by atoms with E-state index in [0.29, 0.717) is 6.54 Å². The van der Waals surface area contributed by atoms with Gasteiger partial charge in [0.2, 0.25) is 11.8 Å².